The van der Waals surface area contributed by atoms with E-state index in [4.69, 9.17) is 9.47 Å². The van der Waals surface area contributed by atoms with E-state index in [2.05, 4.69) is 15.3 Å². The van der Waals surface area contributed by atoms with E-state index < -0.39 is 0 Å². The third-order valence-corrected chi connectivity index (χ3v) is 3.90. The highest BCUT2D eigenvalue weighted by Crippen LogP contribution is 2.23. The molecule has 0 unspecified atom stereocenters. The largest absolute Gasteiger partial charge is 0.481 e. The summed E-state index contributed by atoms with van der Waals surface area (Å²) < 4.78 is 10.7. The number of anilines is 1. The Morgan fingerprint density at radius 3 is 2.31 bits per heavy atom. The minimum absolute atomic E-state index is 0.273. The molecule has 0 saturated carbocycles. The van der Waals surface area contributed by atoms with Crippen LogP contribution in [0.4, 0.5) is 5.69 Å². The Kier molecular flexibility index (Phi) is 5.12. The zero-order chi connectivity index (χ0) is 18.5. The highest BCUT2D eigenvalue weighted by molar-refractivity contribution is 6.03. The van der Waals surface area contributed by atoms with Crippen LogP contribution in [0.15, 0.2) is 54.9 Å². The number of hydrogen-bond donors (Lipinski definition) is 1. The van der Waals surface area contributed by atoms with Crippen molar-refractivity contribution in [2.24, 2.45) is 0 Å². The highest BCUT2D eigenvalue weighted by atomic mass is 16.5. The van der Waals surface area contributed by atoms with Crippen LogP contribution in [-0.4, -0.2) is 23.0 Å². The molecule has 1 amide bonds. The number of amides is 1. The number of carbonyl (C=O) groups is 1. The van der Waals surface area contributed by atoms with Crippen LogP contribution in [0.2, 0.25) is 0 Å². The first-order valence-electron chi connectivity index (χ1n) is 8.08. The van der Waals surface area contributed by atoms with Gasteiger partial charge in [-0.05, 0) is 49.2 Å². The number of hydrogen-bond acceptors (Lipinski definition) is 5. The number of pyridine rings is 2. The maximum absolute atomic E-state index is 12.2. The van der Waals surface area contributed by atoms with E-state index in [1.807, 2.05) is 32.0 Å². The summed E-state index contributed by atoms with van der Waals surface area (Å²) in [4.78, 5) is 20.5. The summed E-state index contributed by atoms with van der Waals surface area (Å²) in [5.74, 6) is 1.36. The second-order valence-corrected chi connectivity index (χ2v) is 5.78. The van der Waals surface area contributed by atoms with Crippen LogP contribution < -0.4 is 14.8 Å². The van der Waals surface area contributed by atoms with E-state index in [0.29, 0.717) is 23.0 Å². The van der Waals surface area contributed by atoms with E-state index in [1.165, 1.54) is 18.9 Å². The van der Waals surface area contributed by atoms with Crippen molar-refractivity contribution in [1.29, 1.82) is 0 Å². The van der Waals surface area contributed by atoms with Crippen LogP contribution in [0.5, 0.6) is 17.5 Å². The Bertz CT molecular complexity index is 907. The lowest BCUT2D eigenvalue weighted by Gasteiger charge is -2.09. The Balaban J connectivity index is 1.65. The molecule has 1 N–H and O–H groups in total. The predicted octanol–water partition coefficient (Wildman–Crippen LogP) is 4.15. The van der Waals surface area contributed by atoms with Crippen LogP contribution in [0.3, 0.4) is 0 Å². The fourth-order valence-electron chi connectivity index (χ4n) is 2.25. The van der Waals surface area contributed by atoms with Crippen molar-refractivity contribution in [1.82, 2.24) is 9.97 Å². The number of rotatable bonds is 5. The van der Waals surface area contributed by atoms with Crippen molar-refractivity contribution in [2.45, 2.75) is 13.8 Å². The molecule has 0 bridgehead atoms. The number of ether oxygens (including phenoxy) is 2. The molecule has 3 aromatic rings. The molecule has 6 heteroatoms. The fraction of sp³-hybridized carbons (Fsp3) is 0.150. The Labute approximate surface area is 151 Å². The van der Waals surface area contributed by atoms with Crippen LogP contribution >= 0.6 is 0 Å². The first-order chi connectivity index (χ1) is 12.5. The molecule has 0 saturated heterocycles. The van der Waals surface area contributed by atoms with Gasteiger partial charge in [-0.15, -0.1) is 0 Å². The van der Waals surface area contributed by atoms with Gasteiger partial charge in [-0.1, -0.05) is 6.07 Å². The summed E-state index contributed by atoms with van der Waals surface area (Å²) in [6, 6.07) is 12.6. The Hall–Kier alpha value is -3.41. The normalized spacial score (nSPS) is 10.3. The lowest BCUT2D eigenvalue weighted by Crippen LogP contribution is -2.12. The number of benzene rings is 1. The van der Waals surface area contributed by atoms with Gasteiger partial charge in [-0.25, -0.2) is 9.97 Å². The molecule has 132 valence electrons. The molecule has 26 heavy (non-hydrogen) atoms. The molecule has 3 rings (SSSR count). The molecule has 6 nitrogen and oxygen atoms in total. The molecule has 0 aliphatic carbocycles. The van der Waals surface area contributed by atoms with Gasteiger partial charge in [0.2, 0.25) is 11.8 Å². The summed E-state index contributed by atoms with van der Waals surface area (Å²) in [7, 11) is 1.52. The van der Waals surface area contributed by atoms with Gasteiger partial charge in [0.25, 0.3) is 5.91 Å². The average Bonchev–Trinajstić information content (AvgIpc) is 2.66. The number of methoxy groups -OCH3 is 1. The third kappa shape index (κ3) is 4.16. The Morgan fingerprint density at radius 2 is 1.69 bits per heavy atom. The van der Waals surface area contributed by atoms with Crippen molar-refractivity contribution in [3.63, 3.8) is 0 Å². The zero-order valence-electron chi connectivity index (χ0n) is 14.8. The predicted molar refractivity (Wildman–Crippen MR) is 99.0 cm³/mol. The lowest BCUT2D eigenvalue weighted by molar-refractivity contribution is 0.102. The molecule has 2 heterocycles. The molecule has 1 aromatic carbocycles. The summed E-state index contributed by atoms with van der Waals surface area (Å²) in [6.07, 6.45) is 3.00. The topological polar surface area (TPSA) is 73.3 Å². The zero-order valence-corrected chi connectivity index (χ0v) is 14.8. The van der Waals surface area contributed by atoms with E-state index in [9.17, 15) is 4.79 Å². The molecular weight excluding hydrogens is 330 g/mol. The number of aryl methyl sites for hydroxylation is 2. The summed E-state index contributed by atoms with van der Waals surface area (Å²) >= 11 is 0. The fourth-order valence-corrected chi connectivity index (χ4v) is 2.25. The number of nitrogens with zero attached hydrogens (tertiary/aromatic N) is 2. The summed E-state index contributed by atoms with van der Waals surface area (Å²) in [5.41, 5.74) is 3.36. The minimum atomic E-state index is -0.273. The second-order valence-electron chi connectivity index (χ2n) is 5.78. The molecule has 0 aliphatic heterocycles. The Morgan fingerprint density at radius 1 is 0.923 bits per heavy atom. The van der Waals surface area contributed by atoms with E-state index in [0.717, 1.165) is 11.3 Å². The molecular formula is C20H19N3O3. The first-order valence-corrected chi connectivity index (χ1v) is 8.08. The molecule has 0 fully saturated rings. The molecule has 2 aromatic heterocycles. The van der Waals surface area contributed by atoms with E-state index in [1.54, 1.807) is 30.5 Å². The smallest absolute Gasteiger partial charge is 0.257 e. The number of carbonyl (C=O) groups excluding carboxylic acids is 1. The van der Waals surface area contributed by atoms with Gasteiger partial charge in [-0.3, -0.25) is 4.79 Å². The lowest BCUT2D eigenvalue weighted by atomic mass is 10.1. The second kappa shape index (κ2) is 7.65. The average molecular weight is 349 g/mol. The quantitative estimate of drug-likeness (QED) is 0.749. The van der Waals surface area contributed by atoms with Crippen molar-refractivity contribution in [3.8, 4) is 17.5 Å². The molecule has 0 aliphatic rings. The van der Waals surface area contributed by atoms with Crippen molar-refractivity contribution in [2.75, 3.05) is 12.4 Å². The van der Waals surface area contributed by atoms with Crippen molar-refractivity contribution < 1.29 is 14.3 Å². The van der Waals surface area contributed by atoms with Crippen LogP contribution in [-0.2, 0) is 0 Å². The molecule has 0 spiro atoms. The molecule has 0 atom stereocenters. The van der Waals surface area contributed by atoms with E-state index in [-0.39, 0.29) is 5.91 Å². The number of aromatic nitrogens is 2. The van der Waals surface area contributed by atoms with Gasteiger partial charge in [0, 0.05) is 18.3 Å². The van der Waals surface area contributed by atoms with E-state index >= 15 is 0 Å². The molecule has 0 radical (unpaired) electrons. The summed E-state index contributed by atoms with van der Waals surface area (Å²) in [5, 5.41) is 2.77. The maximum Gasteiger partial charge on any atom is 0.257 e. The SMILES string of the molecule is COc1ccc(C(=O)Nc2ccc(Oc3ccc(C)c(C)c3)nc2)cn1. The monoisotopic (exact) mass is 349 g/mol. The maximum atomic E-state index is 12.2. The van der Waals surface area contributed by atoms with Crippen LogP contribution in [0.1, 0.15) is 21.5 Å². The number of nitrogens with one attached hydrogen (secondary N) is 1. The van der Waals surface area contributed by atoms with Gasteiger partial charge < -0.3 is 14.8 Å². The van der Waals surface area contributed by atoms with Gasteiger partial charge in [0.1, 0.15) is 5.75 Å². The van der Waals surface area contributed by atoms with Gasteiger partial charge in [0.05, 0.1) is 24.6 Å². The van der Waals surface area contributed by atoms with Gasteiger partial charge in [-0.2, -0.15) is 0 Å². The van der Waals surface area contributed by atoms with Crippen LogP contribution in [0.25, 0.3) is 0 Å². The first kappa shape index (κ1) is 17.4. The standard InChI is InChI=1S/C20H19N3O3/c1-13-4-7-17(10-14(13)2)26-19-9-6-16(12-22-19)23-20(24)15-5-8-18(25-3)21-11-15/h4-12H,1-3H3,(H,23,24). The van der Waals surface area contributed by atoms with Crippen molar-refractivity contribution >= 4 is 11.6 Å². The van der Waals surface area contributed by atoms with Gasteiger partial charge in [0.15, 0.2) is 0 Å². The summed E-state index contributed by atoms with van der Waals surface area (Å²) in [6.45, 7) is 4.08. The highest BCUT2D eigenvalue weighted by Gasteiger charge is 2.08. The minimum Gasteiger partial charge on any atom is -0.481 e. The van der Waals surface area contributed by atoms with Crippen LogP contribution in [0, 0.1) is 13.8 Å². The van der Waals surface area contributed by atoms with Gasteiger partial charge >= 0.3 is 0 Å². The van der Waals surface area contributed by atoms with Crippen molar-refractivity contribution in [3.05, 3.63) is 71.5 Å². The third-order valence-electron chi connectivity index (χ3n) is 3.90.